The lowest BCUT2D eigenvalue weighted by molar-refractivity contribution is -0.120. The molecule has 4 rings (SSSR count). The van der Waals surface area contributed by atoms with Gasteiger partial charge in [-0.15, -0.1) is 11.3 Å². The van der Waals surface area contributed by atoms with E-state index in [1.54, 1.807) is 6.92 Å². The molecule has 1 aliphatic carbocycles. The molecule has 2 heterocycles. The van der Waals surface area contributed by atoms with Gasteiger partial charge in [-0.25, -0.2) is 21.9 Å². The van der Waals surface area contributed by atoms with Crippen LogP contribution in [0, 0.1) is 11.7 Å². The fourth-order valence-electron chi connectivity index (χ4n) is 4.63. The van der Waals surface area contributed by atoms with Gasteiger partial charge < -0.3 is 10.1 Å². The molecular formula is C24H28ClFN2O5S2. The Kier molecular flexibility index (Phi) is 8.15. The summed E-state index contributed by atoms with van der Waals surface area (Å²) in [4.78, 5) is 26.8. The minimum atomic E-state index is -3.80. The van der Waals surface area contributed by atoms with E-state index in [2.05, 4.69) is 5.32 Å². The number of ether oxygens (including phenoxy) is 1. The lowest BCUT2D eigenvalue weighted by atomic mass is 9.95. The fourth-order valence-corrected chi connectivity index (χ4v) is 7.82. The van der Waals surface area contributed by atoms with Gasteiger partial charge in [0.15, 0.2) is 0 Å². The number of aryl methyl sites for hydroxylation is 1. The molecule has 1 aromatic heterocycles. The second-order valence-corrected chi connectivity index (χ2v) is 12.2. The van der Waals surface area contributed by atoms with Gasteiger partial charge in [-0.2, -0.15) is 0 Å². The first-order valence-corrected chi connectivity index (χ1v) is 14.5. The quantitative estimate of drug-likeness (QED) is 0.508. The third-order valence-electron chi connectivity index (χ3n) is 6.49. The zero-order valence-electron chi connectivity index (χ0n) is 19.4. The number of hydrogen-bond donors (Lipinski definition) is 1. The molecule has 0 radical (unpaired) electrons. The van der Waals surface area contributed by atoms with Crippen LogP contribution in [-0.2, 0) is 38.1 Å². The maximum absolute atomic E-state index is 14.1. The average Bonchev–Trinajstić information content (AvgIpc) is 3.19. The molecule has 1 N–H and O–H groups in total. The van der Waals surface area contributed by atoms with E-state index in [-0.39, 0.29) is 36.2 Å². The summed E-state index contributed by atoms with van der Waals surface area (Å²) >= 11 is 7.43. The summed E-state index contributed by atoms with van der Waals surface area (Å²) in [5, 5.41) is 3.52. The second-order valence-electron chi connectivity index (χ2n) is 8.75. The number of nitrogens with one attached hydrogen (secondary N) is 1. The third-order valence-corrected chi connectivity index (χ3v) is 9.86. The molecule has 2 aromatic rings. The molecule has 0 spiro atoms. The van der Waals surface area contributed by atoms with Gasteiger partial charge in [-0.05, 0) is 63.1 Å². The fraction of sp³-hybridized carbons (Fsp3) is 0.500. The van der Waals surface area contributed by atoms with Crippen molar-refractivity contribution in [1.29, 1.82) is 0 Å². The van der Waals surface area contributed by atoms with Crippen molar-refractivity contribution in [3.8, 4) is 0 Å². The highest BCUT2D eigenvalue weighted by molar-refractivity contribution is 7.88. The van der Waals surface area contributed by atoms with Gasteiger partial charge in [0.1, 0.15) is 10.8 Å². The highest BCUT2D eigenvalue weighted by Crippen LogP contribution is 2.39. The van der Waals surface area contributed by atoms with E-state index in [4.69, 9.17) is 16.3 Å². The molecule has 0 bridgehead atoms. The Bertz CT molecular complexity index is 1200. The Balaban J connectivity index is 1.42. The minimum absolute atomic E-state index is 0.0535. The summed E-state index contributed by atoms with van der Waals surface area (Å²) in [6.07, 6.45) is 4.37. The molecule has 1 aliphatic heterocycles. The highest BCUT2D eigenvalue weighted by atomic mass is 35.5. The smallest absolute Gasteiger partial charge is 0.341 e. The summed E-state index contributed by atoms with van der Waals surface area (Å²) < 4.78 is 46.4. The molecule has 190 valence electrons. The SMILES string of the molecule is CCOC(=O)c1c(NC(=O)C2CCN(S(=O)(=O)Cc3c(F)cccc3Cl)CC2)sc2c1CCCC2. The van der Waals surface area contributed by atoms with Gasteiger partial charge in [0.2, 0.25) is 15.9 Å². The van der Waals surface area contributed by atoms with Crippen molar-refractivity contribution in [2.24, 2.45) is 5.92 Å². The summed E-state index contributed by atoms with van der Waals surface area (Å²) in [6.45, 7) is 2.30. The van der Waals surface area contributed by atoms with Crippen LogP contribution in [0.15, 0.2) is 18.2 Å². The third kappa shape index (κ3) is 5.71. The monoisotopic (exact) mass is 542 g/mol. The van der Waals surface area contributed by atoms with Crippen LogP contribution in [0.3, 0.4) is 0 Å². The molecule has 35 heavy (non-hydrogen) atoms. The maximum Gasteiger partial charge on any atom is 0.341 e. The van der Waals surface area contributed by atoms with E-state index in [1.807, 2.05) is 0 Å². The van der Waals surface area contributed by atoms with E-state index in [1.165, 1.54) is 33.8 Å². The van der Waals surface area contributed by atoms with Gasteiger partial charge >= 0.3 is 5.97 Å². The predicted octanol–water partition coefficient (Wildman–Crippen LogP) is 4.78. The normalized spacial score (nSPS) is 17.1. The van der Waals surface area contributed by atoms with Gasteiger partial charge in [-0.1, -0.05) is 17.7 Å². The largest absolute Gasteiger partial charge is 0.462 e. The lowest BCUT2D eigenvalue weighted by Gasteiger charge is -2.30. The number of esters is 1. The van der Waals surface area contributed by atoms with Gasteiger partial charge in [0, 0.05) is 34.5 Å². The van der Waals surface area contributed by atoms with Crippen molar-refractivity contribution in [2.45, 2.75) is 51.2 Å². The van der Waals surface area contributed by atoms with Crippen LogP contribution in [0.5, 0.6) is 0 Å². The lowest BCUT2D eigenvalue weighted by Crippen LogP contribution is -2.42. The van der Waals surface area contributed by atoms with Crippen molar-refractivity contribution < 1.29 is 27.1 Å². The predicted molar refractivity (Wildman–Crippen MR) is 134 cm³/mol. The first-order valence-electron chi connectivity index (χ1n) is 11.7. The number of halogens is 2. The molecule has 7 nitrogen and oxygen atoms in total. The molecule has 2 aliphatic rings. The van der Waals surface area contributed by atoms with Crippen LogP contribution in [0.4, 0.5) is 9.39 Å². The Morgan fingerprint density at radius 3 is 2.63 bits per heavy atom. The van der Waals surface area contributed by atoms with Crippen LogP contribution in [0.25, 0.3) is 0 Å². The summed E-state index contributed by atoms with van der Waals surface area (Å²) in [6, 6.07) is 4.06. The van der Waals surface area contributed by atoms with Crippen molar-refractivity contribution in [2.75, 3.05) is 25.0 Å². The van der Waals surface area contributed by atoms with E-state index in [9.17, 15) is 22.4 Å². The van der Waals surface area contributed by atoms with Crippen molar-refractivity contribution >= 4 is 49.8 Å². The number of thiophene rings is 1. The minimum Gasteiger partial charge on any atom is -0.462 e. The summed E-state index contributed by atoms with van der Waals surface area (Å²) in [5.74, 6) is -2.24. The zero-order valence-corrected chi connectivity index (χ0v) is 21.8. The Hall–Kier alpha value is -2.01. The Morgan fingerprint density at radius 2 is 1.94 bits per heavy atom. The average molecular weight is 543 g/mol. The van der Waals surface area contributed by atoms with E-state index >= 15 is 0 Å². The van der Waals surface area contributed by atoms with Crippen LogP contribution in [0.2, 0.25) is 5.02 Å². The molecule has 0 saturated carbocycles. The van der Waals surface area contributed by atoms with E-state index in [0.29, 0.717) is 23.4 Å². The number of anilines is 1. The first-order chi connectivity index (χ1) is 16.7. The number of carbonyl (C=O) groups excluding carboxylic acids is 2. The van der Waals surface area contributed by atoms with Gasteiger partial charge in [0.25, 0.3) is 0 Å². The van der Waals surface area contributed by atoms with E-state index in [0.717, 1.165) is 36.1 Å². The topological polar surface area (TPSA) is 92.8 Å². The number of fused-ring (bicyclic) bond motifs is 1. The molecule has 1 fully saturated rings. The summed E-state index contributed by atoms with van der Waals surface area (Å²) in [7, 11) is -3.80. The van der Waals surface area contributed by atoms with Gasteiger partial charge in [0.05, 0.1) is 17.9 Å². The van der Waals surface area contributed by atoms with Crippen molar-refractivity contribution in [3.05, 3.63) is 50.6 Å². The molecule has 11 heteroatoms. The van der Waals surface area contributed by atoms with Crippen molar-refractivity contribution in [1.82, 2.24) is 4.31 Å². The Morgan fingerprint density at radius 1 is 1.23 bits per heavy atom. The molecule has 1 amide bonds. The van der Waals surface area contributed by atoms with Crippen LogP contribution in [0.1, 0.15) is 59.0 Å². The molecular weight excluding hydrogens is 515 g/mol. The molecule has 0 atom stereocenters. The van der Waals surface area contributed by atoms with Crippen LogP contribution in [-0.4, -0.2) is 44.3 Å². The number of nitrogens with zero attached hydrogens (tertiary/aromatic N) is 1. The molecule has 0 unspecified atom stereocenters. The van der Waals surface area contributed by atoms with Crippen LogP contribution >= 0.6 is 22.9 Å². The molecule has 1 saturated heterocycles. The number of benzene rings is 1. The zero-order chi connectivity index (χ0) is 25.2. The van der Waals surface area contributed by atoms with Gasteiger partial charge in [-0.3, -0.25) is 4.79 Å². The summed E-state index contributed by atoms with van der Waals surface area (Å²) in [5.41, 5.74) is 1.38. The van der Waals surface area contributed by atoms with E-state index < -0.39 is 33.5 Å². The number of carbonyl (C=O) groups is 2. The first kappa shape index (κ1) is 26.1. The molecule has 1 aromatic carbocycles. The van der Waals surface area contributed by atoms with Crippen LogP contribution < -0.4 is 5.32 Å². The number of piperidine rings is 1. The Labute approximate surface area is 213 Å². The number of hydrogen-bond acceptors (Lipinski definition) is 6. The highest BCUT2D eigenvalue weighted by Gasteiger charge is 2.34. The number of rotatable bonds is 7. The maximum atomic E-state index is 14.1. The second kappa shape index (κ2) is 10.9. The number of amides is 1. The van der Waals surface area contributed by atoms with Crippen molar-refractivity contribution in [3.63, 3.8) is 0 Å². The standard InChI is InChI=1S/C24H28ClFN2O5S2/c1-2-33-24(30)21-16-6-3-4-9-20(16)34-23(21)27-22(29)15-10-12-28(13-11-15)35(31,32)14-17-18(25)7-5-8-19(17)26/h5,7-8,15H,2-4,6,9-14H2,1H3,(H,27,29). The number of sulfonamides is 1.